The van der Waals surface area contributed by atoms with Crippen LogP contribution in [0.3, 0.4) is 0 Å². The predicted molar refractivity (Wildman–Crippen MR) is 110 cm³/mol. The van der Waals surface area contributed by atoms with Gasteiger partial charge in [0.25, 0.3) is 0 Å². The smallest absolute Gasteiger partial charge is 0.229 e. The van der Waals surface area contributed by atoms with Crippen LogP contribution in [0.4, 0.5) is 11.5 Å². The standard InChI is InChI=1S/C20H24N8O/c1-14-4-3-5-16(10-14)26-6-8-27(9-7-26)20(29)15-11-28(12-15)19-17-18(21-13-22-19)25(2)24-23-17/h3-5,10,13,15H,6-9,11-12H2,1-2H3. The predicted octanol–water partition coefficient (Wildman–Crippen LogP) is 0.852. The maximum Gasteiger partial charge on any atom is 0.229 e. The molecule has 0 N–H and O–H groups in total. The molecule has 2 aromatic heterocycles. The number of rotatable bonds is 3. The molecule has 2 aliphatic rings. The van der Waals surface area contributed by atoms with Gasteiger partial charge in [0, 0.05) is 52.0 Å². The van der Waals surface area contributed by atoms with E-state index in [1.165, 1.54) is 17.6 Å². The fraction of sp³-hybridized carbons (Fsp3) is 0.450. The zero-order valence-corrected chi connectivity index (χ0v) is 16.7. The SMILES string of the molecule is Cc1cccc(N2CCN(C(=O)C3CN(c4ncnc5c4nnn5C)C3)CC2)c1. The molecule has 29 heavy (non-hydrogen) atoms. The molecule has 0 spiro atoms. The normalized spacial score (nSPS) is 17.7. The average Bonchev–Trinajstić information content (AvgIpc) is 3.09. The van der Waals surface area contributed by atoms with Crippen LogP contribution in [0.2, 0.25) is 0 Å². The van der Waals surface area contributed by atoms with Crippen LogP contribution >= 0.6 is 0 Å². The fourth-order valence-electron chi connectivity index (χ4n) is 4.15. The van der Waals surface area contributed by atoms with Crippen molar-refractivity contribution in [2.24, 2.45) is 13.0 Å². The van der Waals surface area contributed by atoms with Crippen molar-refractivity contribution in [3.05, 3.63) is 36.2 Å². The minimum Gasteiger partial charge on any atom is -0.368 e. The summed E-state index contributed by atoms with van der Waals surface area (Å²) in [5.41, 5.74) is 3.89. The number of nitrogens with zero attached hydrogens (tertiary/aromatic N) is 8. The number of carbonyl (C=O) groups excluding carboxylic acids is 1. The molecule has 0 atom stereocenters. The van der Waals surface area contributed by atoms with Crippen molar-refractivity contribution in [3.63, 3.8) is 0 Å². The monoisotopic (exact) mass is 392 g/mol. The highest BCUT2D eigenvalue weighted by molar-refractivity contribution is 5.86. The van der Waals surface area contributed by atoms with Crippen molar-refractivity contribution in [1.29, 1.82) is 0 Å². The average molecular weight is 392 g/mol. The first-order valence-electron chi connectivity index (χ1n) is 9.96. The molecular weight excluding hydrogens is 368 g/mol. The van der Waals surface area contributed by atoms with Gasteiger partial charge in [0.05, 0.1) is 5.92 Å². The fourth-order valence-corrected chi connectivity index (χ4v) is 4.15. The highest BCUT2D eigenvalue weighted by atomic mass is 16.2. The number of hydrogen-bond acceptors (Lipinski definition) is 7. The first-order valence-corrected chi connectivity index (χ1v) is 9.96. The second-order valence-electron chi connectivity index (χ2n) is 7.84. The summed E-state index contributed by atoms with van der Waals surface area (Å²) in [6, 6.07) is 8.55. The lowest BCUT2D eigenvalue weighted by molar-refractivity contribution is -0.136. The van der Waals surface area contributed by atoms with Crippen molar-refractivity contribution < 1.29 is 4.79 Å². The third kappa shape index (κ3) is 3.16. The Hall–Kier alpha value is -3.23. The van der Waals surface area contributed by atoms with Crippen LogP contribution in [0.5, 0.6) is 0 Å². The number of hydrogen-bond donors (Lipinski definition) is 0. The first-order chi connectivity index (χ1) is 14.1. The Kier molecular flexibility index (Phi) is 4.30. The molecule has 5 rings (SSSR count). The number of anilines is 2. The summed E-state index contributed by atoms with van der Waals surface area (Å²) in [4.78, 5) is 28.0. The van der Waals surface area contributed by atoms with Crippen LogP contribution in [0.1, 0.15) is 5.56 Å². The van der Waals surface area contributed by atoms with Gasteiger partial charge in [-0.05, 0) is 24.6 Å². The highest BCUT2D eigenvalue weighted by Gasteiger charge is 2.38. The molecule has 0 bridgehead atoms. The summed E-state index contributed by atoms with van der Waals surface area (Å²) in [7, 11) is 1.81. The number of fused-ring (bicyclic) bond motifs is 1. The minimum absolute atomic E-state index is 0.0159. The Labute approximate surface area is 168 Å². The summed E-state index contributed by atoms with van der Waals surface area (Å²) < 4.78 is 1.64. The van der Waals surface area contributed by atoms with Gasteiger partial charge in [0.1, 0.15) is 6.33 Å². The second kappa shape index (κ2) is 6.98. The molecule has 4 heterocycles. The van der Waals surface area contributed by atoms with Crippen LogP contribution in [0.25, 0.3) is 11.2 Å². The topological polar surface area (TPSA) is 83.3 Å². The van der Waals surface area contributed by atoms with Crippen molar-refractivity contribution >= 4 is 28.6 Å². The van der Waals surface area contributed by atoms with Crippen molar-refractivity contribution in [3.8, 4) is 0 Å². The summed E-state index contributed by atoms with van der Waals surface area (Å²) in [5.74, 6) is 1.02. The molecule has 2 saturated heterocycles. The number of piperazine rings is 1. The van der Waals surface area contributed by atoms with Crippen LogP contribution in [0, 0.1) is 12.8 Å². The van der Waals surface area contributed by atoms with Gasteiger partial charge in [0.2, 0.25) is 5.91 Å². The van der Waals surface area contributed by atoms with Gasteiger partial charge in [-0.25, -0.2) is 14.6 Å². The number of aromatic nitrogens is 5. The van der Waals surface area contributed by atoms with Gasteiger partial charge < -0.3 is 14.7 Å². The van der Waals surface area contributed by atoms with Gasteiger partial charge in [-0.3, -0.25) is 4.79 Å². The molecule has 0 saturated carbocycles. The first kappa shape index (κ1) is 17.8. The maximum atomic E-state index is 12.9. The molecule has 0 unspecified atom stereocenters. The molecule has 150 valence electrons. The third-order valence-electron chi connectivity index (χ3n) is 5.86. The zero-order chi connectivity index (χ0) is 20.0. The van der Waals surface area contributed by atoms with E-state index in [1.54, 1.807) is 4.68 Å². The Morgan fingerprint density at radius 3 is 2.62 bits per heavy atom. The highest BCUT2D eigenvalue weighted by Crippen LogP contribution is 2.28. The minimum atomic E-state index is 0.0159. The van der Waals surface area contributed by atoms with Crippen molar-refractivity contribution in [2.75, 3.05) is 49.1 Å². The molecule has 2 fully saturated rings. The number of benzene rings is 1. The zero-order valence-electron chi connectivity index (χ0n) is 16.7. The van der Waals surface area contributed by atoms with Crippen molar-refractivity contribution in [1.82, 2.24) is 29.9 Å². The molecule has 3 aromatic rings. The molecule has 1 aromatic carbocycles. The summed E-state index contributed by atoms with van der Waals surface area (Å²) >= 11 is 0. The maximum absolute atomic E-state index is 12.9. The number of carbonyl (C=O) groups is 1. The Morgan fingerprint density at radius 1 is 1.07 bits per heavy atom. The van der Waals surface area contributed by atoms with Gasteiger partial charge in [0.15, 0.2) is 17.0 Å². The molecule has 0 radical (unpaired) electrons. The van der Waals surface area contributed by atoms with Crippen LogP contribution < -0.4 is 9.80 Å². The van der Waals surface area contributed by atoms with Crippen LogP contribution in [-0.2, 0) is 11.8 Å². The summed E-state index contributed by atoms with van der Waals surface area (Å²) in [5, 5.41) is 8.19. The lowest BCUT2D eigenvalue weighted by Crippen LogP contribution is -2.58. The molecule has 0 aliphatic carbocycles. The van der Waals surface area contributed by atoms with Gasteiger partial charge >= 0.3 is 0 Å². The van der Waals surface area contributed by atoms with E-state index in [9.17, 15) is 4.79 Å². The van der Waals surface area contributed by atoms with E-state index in [0.717, 1.165) is 32.0 Å². The van der Waals surface area contributed by atoms with E-state index >= 15 is 0 Å². The Bertz CT molecular complexity index is 1050. The molecule has 9 heteroatoms. The van der Waals surface area contributed by atoms with Crippen LogP contribution in [0.15, 0.2) is 30.6 Å². The van der Waals surface area contributed by atoms with Gasteiger partial charge in [-0.2, -0.15) is 0 Å². The lowest BCUT2D eigenvalue weighted by atomic mass is 9.98. The molecule has 1 amide bonds. The summed E-state index contributed by atoms with van der Waals surface area (Å²) in [6.45, 7) is 6.73. The van der Waals surface area contributed by atoms with Gasteiger partial charge in [-0.1, -0.05) is 17.3 Å². The van der Waals surface area contributed by atoms with E-state index in [-0.39, 0.29) is 11.8 Å². The van der Waals surface area contributed by atoms with E-state index in [1.807, 2.05) is 11.9 Å². The van der Waals surface area contributed by atoms with Gasteiger partial charge in [-0.15, -0.1) is 5.10 Å². The molecular formula is C20H24N8O. The largest absolute Gasteiger partial charge is 0.368 e. The number of amides is 1. The quantitative estimate of drug-likeness (QED) is 0.653. The second-order valence-corrected chi connectivity index (χ2v) is 7.84. The lowest BCUT2D eigenvalue weighted by Gasteiger charge is -2.43. The molecule has 2 aliphatic heterocycles. The molecule has 9 nitrogen and oxygen atoms in total. The van der Waals surface area contributed by atoms with Crippen molar-refractivity contribution in [2.45, 2.75) is 6.92 Å². The van der Waals surface area contributed by atoms with E-state index < -0.39 is 0 Å². The number of aryl methyl sites for hydroxylation is 2. The van der Waals surface area contributed by atoms with E-state index in [0.29, 0.717) is 24.3 Å². The summed E-state index contributed by atoms with van der Waals surface area (Å²) in [6.07, 6.45) is 1.53. The Balaban J connectivity index is 1.19. The van der Waals surface area contributed by atoms with Crippen LogP contribution in [-0.4, -0.2) is 75.0 Å². The van der Waals surface area contributed by atoms with E-state index in [2.05, 4.69) is 61.3 Å². The third-order valence-corrected chi connectivity index (χ3v) is 5.86. The Morgan fingerprint density at radius 2 is 1.86 bits per heavy atom. The van der Waals surface area contributed by atoms with E-state index in [4.69, 9.17) is 0 Å².